The van der Waals surface area contributed by atoms with Crippen molar-refractivity contribution < 1.29 is 14.6 Å². The van der Waals surface area contributed by atoms with Crippen molar-refractivity contribution in [3.05, 3.63) is 29.8 Å². The van der Waals surface area contributed by atoms with E-state index in [4.69, 9.17) is 9.84 Å². The van der Waals surface area contributed by atoms with Crippen LogP contribution in [0.1, 0.15) is 37.7 Å². The fourth-order valence-corrected chi connectivity index (χ4v) is 2.94. The lowest BCUT2D eigenvalue weighted by molar-refractivity contribution is -0.144. The highest BCUT2D eigenvalue weighted by atomic mass is 16.5. The van der Waals surface area contributed by atoms with Crippen molar-refractivity contribution >= 4 is 5.97 Å². The van der Waals surface area contributed by atoms with Crippen molar-refractivity contribution in [3.63, 3.8) is 0 Å². The second-order valence-electron chi connectivity index (χ2n) is 5.21. The molecule has 0 aromatic heterocycles. The molecule has 3 nitrogen and oxygen atoms in total. The van der Waals surface area contributed by atoms with Gasteiger partial charge in [-0.1, -0.05) is 19.1 Å². The zero-order valence-electron chi connectivity index (χ0n) is 10.9. The number of aliphatic carboxylic acids is 1. The highest BCUT2D eigenvalue weighted by molar-refractivity contribution is 5.70. The maximum absolute atomic E-state index is 11.1. The van der Waals surface area contributed by atoms with Gasteiger partial charge in [0.1, 0.15) is 5.75 Å². The van der Waals surface area contributed by atoms with E-state index >= 15 is 0 Å². The van der Waals surface area contributed by atoms with Crippen LogP contribution in [0.25, 0.3) is 0 Å². The molecule has 1 aliphatic rings. The van der Waals surface area contributed by atoms with Crippen LogP contribution < -0.4 is 4.74 Å². The minimum atomic E-state index is -0.643. The topological polar surface area (TPSA) is 46.5 Å². The summed E-state index contributed by atoms with van der Waals surface area (Å²) in [5, 5.41) is 9.12. The number of carboxylic acids is 1. The third-order valence-electron chi connectivity index (χ3n) is 4.07. The van der Waals surface area contributed by atoms with E-state index in [1.807, 2.05) is 12.1 Å². The van der Waals surface area contributed by atoms with E-state index in [0.29, 0.717) is 5.92 Å². The number of methoxy groups -OCH3 is 1. The third kappa shape index (κ3) is 2.66. The highest BCUT2D eigenvalue weighted by Crippen LogP contribution is 2.39. The normalized spacial score (nSPS) is 27.8. The molecular weight excluding hydrogens is 228 g/mol. The van der Waals surface area contributed by atoms with Crippen LogP contribution in [0, 0.1) is 11.8 Å². The van der Waals surface area contributed by atoms with Gasteiger partial charge in [-0.05, 0) is 48.8 Å². The Morgan fingerprint density at radius 2 is 1.94 bits per heavy atom. The Bertz CT molecular complexity index is 410. The molecule has 98 valence electrons. The molecule has 1 N–H and O–H groups in total. The SMILES string of the molecule is COc1ccc(C2CCC(C(=O)O)C(C)C2)cc1. The lowest BCUT2D eigenvalue weighted by atomic mass is 9.73. The van der Waals surface area contributed by atoms with Crippen molar-refractivity contribution in [1.82, 2.24) is 0 Å². The first kappa shape index (κ1) is 12.9. The van der Waals surface area contributed by atoms with Crippen molar-refractivity contribution in [2.75, 3.05) is 7.11 Å². The maximum Gasteiger partial charge on any atom is 0.306 e. The monoisotopic (exact) mass is 248 g/mol. The van der Waals surface area contributed by atoms with Gasteiger partial charge in [-0.2, -0.15) is 0 Å². The molecule has 0 aliphatic heterocycles. The van der Waals surface area contributed by atoms with Crippen LogP contribution in [-0.4, -0.2) is 18.2 Å². The summed E-state index contributed by atoms with van der Waals surface area (Å²) in [5.41, 5.74) is 1.30. The van der Waals surface area contributed by atoms with Crippen LogP contribution in [-0.2, 0) is 4.79 Å². The summed E-state index contributed by atoms with van der Waals surface area (Å²) < 4.78 is 5.15. The summed E-state index contributed by atoms with van der Waals surface area (Å²) in [5.74, 6) is 0.797. The summed E-state index contributed by atoms with van der Waals surface area (Å²) in [7, 11) is 1.66. The first-order chi connectivity index (χ1) is 8.61. The fraction of sp³-hybridized carbons (Fsp3) is 0.533. The van der Waals surface area contributed by atoms with Gasteiger partial charge in [0.05, 0.1) is 13.0 Å². The van der Waals surface area contributed by atoms with Gasteiger partial charge in [0.15, 0.2) is 0 Å². The van der Waals surface area contributed by atoms with Gasteiger partial charge in [0.25, 0.3) is 0 Å². The summed E-state index contributed by atoms with van der Waals surface area (Å²) in [6.07, 6.45) is 2.71. The van der Waals surface area contributed by atoms with Crippen LogP contribution in [0.15, 0.2) is 24.3 Å². The Balaban J connectivity index is 2.05. The van der Waals surface area contributed by atoms with E-state index in [-0.39, 0.29) is 11.8 Å². The summed E-state index contributed by atoms with van der Waals surface area (Å²) in [6.45, 7) is 2.05. The third-order valence-corrected chi connectivity index (χ3v) is 4.07. The second kappa shape index (κ2) is 5.42. The zero-order valence-corrected chi connectivity index (χ0v) is 10.9. The van der Waals surface area contributed by atoms with Gasteiger partial charge in [-0.25, -0.2) is 0 Å². The van der Waals surface area contributed by atoms with E-state index in [0.717, 1.165) is 25.0 Å². The van der Waals surface area contributed by atoms with Gasteiger partial charge in [-0.3, -0.25) is 4.79 Å². The van der Waals surface area contributed by atoms with Crippen molar-refractivity contribution in [2.24, 2.45) is 11.8 Å². The smallest absolute Gasteiger partial charge is 0.306 e. The van der Waals surface area contributed by atoms with Gasteiger partial charge in [-0.15, -0.1) is 0 Å². The van der Waals surface area contributed by atoms with Gasteiger partial charge in [0, 0.05) is 0 Å². The average Bonchev–Trinajstić information content (AvgIpc) is 2.38. The van der Waals surface area contributed by atoms with E-state index in [1.165, 1.54) is 5.56 Å². The molecule has 1 aromatic rings. The molecule has 3 heteroatoms. The number of ether oxygens (including phenoxy) is 1. The van der Waals surface area contributed by atoms with E-state index in [1.54, 1.807) is 7.11 Å². The van der Waals surface area contributed by atoms with Crippen molar-refractivity contribution in [1.29, 1.82) is 0 Å². The van der Waals surface area contributed by atoms with E-state index < -0.39 is 5.97 Å². The predicted molar refractivity (Wildman–Crippen MR) is 69.9 cm³/mol. The van der Waals surface area contributed by atoms with Gasteiger partial charge in [0.2, 0.25) is 0 Å². The maximum atomic E-state index is 11.1. The number of carboxylic acid groups (broad SMARTS) is 1. The Morgan fingerprint density at radius 3 is 2.44 bits per heavy atom. The van der Waals surface area contributed by atoms with Gasteiger partial charge >= 0.3 is 5.97 Å². The average molecular weight is 248 g/mol. The lowest BCUT2D eigenvalue weighted by Gasteiger charge is -2.32. The Kier molecular flexibility index (Phi) is 3.90. The zero-order chi connectivity index (χ0) is 13.1. The molecule has 1 fully saturated rings. The molecule has 0 amide bonds. The van der Waals surface area contributed by atoms with Crippen LogP contribution in [0.5, 0.6) is 5.75 Å². The lowest BCUT2D eigenvalue weighted by Crippen LogP contribution is -2.28. The van der Waals surface area contributed by atoms with Crippen LogP contribution in [0.2, 0.25) is 0 Å². The molecule has 1 saturated carbocycles. The molecule has 0 bridgehead atoms. The standard InChI is InChI=1S/C15H20O3/c1-10-9-12(5-8-14(10)15(16)17)11-3-6-13(18-2)7-4-11/h3-4,6-7,10,12,14H,5,8-9H2,1-2H3,(H,16,17). The number of benzene rings is 1. The van der Waals surface area contributed by atoms with Crippen LogP contribution in [0.4, 0.5) is 0 Å². The molecule has 0 saturated heterocycles. The number of rotatable bonds is 3. The van der Waals surface area contributed by atoms with Crippen molar-refractivity contribution in [3.8, 4) is 5.75 Å². The molecule has 1 aromatic carbocycles. The van der Waals surface area contributed by atoms with Crippen LogP contribution in [0.3, 0.4) is 0 Å². The minimum Gasteiger partial charge on any atom is -0.497 e. The molecule has 0 radical (unpaired) electrons. The number of hydrogen-bond donors (Lipinski definition) is 1. The predicted octanol–water partition coefficient (Wildman–Crippen LogP) is 3.30. The quantitative estimate of drug-likeness (QED) is 0.892. The van der Waals surface area contributed by atoms with Crippen molar-refractivity contribution in [2.45, 2.75) is 32.1 Å². The molecule has 3 unspecified atom stereocenters. The summed E-state index contributed by atoms with van der Waals surface area (Å²) >= 11 is 0. The molecule has 3 atom stereocenters. The Hall–Kier alpha value is -1.51. The summed E-state index contributed by atoms with van der Waals surface area (Å²) in [4.78, 5) is 11.1. The first-order valence-corrected chi connectivity index (χ1v) is 6.48. The fourth-order valence-electron chi connectivity index (χ4n) is 2.94. The minimum absolute atomic E-state index is 0.167. The molecular formula is C15H20O3. The Labute approximate surface area is 108 Å². The van der Waals surface area contributed by atoms with Gasteiger partial charge < -0.3 is 9.84 Å². The summed E-state index contributed by atoms with van der Waals surface area (Å²) in [6, 6.07) is 8.14. The van der Waals surface area contributed by atoms with Crippen LogP contribution >= 0.6 is 0 Å². The first-order valence-electron chi connectivity index (χ1n) is 6.48. The highest BCUT2D eigenvalue weighted by Gasteiger charge is 2.32. The molecule has 0 heterocycles. The van der Waals surface area contributed by atoms with E-state index in [2.05, 4.69) is 19.1 Å². The number of hydrogen-bond acceptors (Lipinski definition) is 2. The van der Waals surface area contributed by atoms with E-state index in [9.17, 15) is 4.79 Å². The Morgan fingerprint density at radius 1 is 1.28 bits per heavy atom. The second-order valence-corrected chi connectivity index (χ2v) is 5.21. The largest absolute Gasteiger partial charge is 0.497 e. The molecule has 2 rings (SSSR count). The number of carbonyl (C=O) groups is 1. The molecule has 18 heavy (non-hydrogen) atoms. The molecule has 1 aliphatic carbocycles. The molecule has 0 spiro atoms.